The van der Waals surface area contributed by atoms with Crippen molar-refractivity contribution in [1.29, 1.82) is 0 Å². The molecular formula is C15H21NO5. The van der Waals surface area contributed by atoms with E-state index < -0.39 is 28.8 Å². The quantitative estimate of drug-likeness (QED) is 0.501. The summed E-state index contributed by atoms with van der Waals surface area (Å²) in [7, 11) is 0. The Morgan fingerprint density at radius 1 is 1.19 bits per heavy atom. The fourth-order valence-corrected chi connectivity index (χ4v) is 2.63. The number of phenolic OH excluding ortho intramolecular Hbond substituents is 3. The molecule has 0 aliphatic carbocycles. The van der Waals surface area contributed by atoms with E-state index in [0.29, 0.717) is 0 Å². The Labute approximate surface area is 123 Å². The van der Waals surface area contributed by atoms with Crippen LogP contribution in [-0.4, -0.2) is 40.0 Å². The first-order chi connectivity index (χ1) is 9.83. The zero-order valence-corrected chi connectivity index (χ0v) is 12.2. The molecule has 1 heterocycles. The lowest BCUT2D eigenvalue weighted by Crippen LogP contribution is -2.42. The Hall–Kier alpha value is -1.95. The maximum Gasteiger partial charge on any atom is 0.342 e. The number of hydrogen-bond donors (Lipinski definition) is 4. The van der Waals surface area contributed by atoms with Gasteiger partial charge >= 0.3 is 5.97 Å². The molecule has 2 rings (SSSR count). The van der Waals surface area contributed by atoms with Gasteiger partial charge in [0, 0.05) is 5.92 Å². The number of carbonyl (C=O) groups excluding carboxylic acids is 1. The number of ether oxygens (including phenoxy) is 1. The predicted molar refractivity (Wildman–Crippen MR) is 76.5 cm³/mol. The maximum absolute atomic E-state index is 12.2. The number of nitrogens with one attached hydrogen (secondary N) is 1. The van der Waals surface area contributed by atoms with Crippen molar-refractivity contribution < 1.29 is 24.9 Å². The molecule has 116 valence electrons. The molecule has 1 saturated heterocycles. The Morgan fingerprint density at radius 2 is 1.81 bits per heavy atom. The average molecular weight is 295 g/mol. The topological polar surface area (TPSA) is 99.0 Å². The summed E-state index contributed by atoms with van der Waals surface area (Å²) >= 11 is 0. The third-order valence-corrected chi connectivity index (χ3v) is 4.03. The van der Waals surface area contributed by atoms with Crippen molar-refractivity contribution in [3.8, 4) is 17.2 Å². The summed E-state index contributed by atoms with van der Waals surface area (Å²) in [6.07, 6.45) is 1.82. The van der Waals surface area contributed by atoms with Crippen LogP contribution in [0.1, 0.15) is 37.0 Å². The molecule has 1 aromatic rings. The molecule has 1 aliphatic heterocycles. The minimum Gasteiger partial charge on any atom is -0.504 e. The number of carbonyl (C=O) groups is 1. The van der Waals surface area contributed by atoms with E-state index in [-0.39, 0.29) is 11.5 Å². The number of rotatable bonds is 3. The van der Waals surface area contributed by atoms with E-state index in [9.17, 15) is 20.1 Å². The van der Waals surface area contributed by atoms with Crippen LogP contribution in [0.4, 0.5) is 0 Å². The molecule has 0 saturated carbocycles. The molecule has 0 spiro atoms. The maximum atomic E-state index is 12.2. The first-order valence-electron chi connectivity index (χ1n) is 7.01. The average Bonchev–Trinajstić information content (AvgIpc) is 2.45. The third-order valence-electron chi connectivity index (χ3n) is 4.03. The molecule has 21 heavy (non-hydrogen) atoms. The van der Waals surface area contributed by atoms with Crippen molar-refractivity contribution in [2.24, 2.45) is 5.92 Å². The van der Waals surface area contributed by atoms with E-state index >= 15 is 0 Å². The summed E-state index contributed by atoms with van der Waals surface area (Å²) in [5, 5.41) is 31.7. The van der Waals surface area contributed by atoms with Gasteiger partial charge in [-0.1, -0.05) is 0 Å². The van der Waals surface area contributed by atoms with Crippen LogP contribution in [0.25, 0.3) is 0 Å². The van der Waals surface area contributed by atoms with Gasteiger partial charge in [0.1, 0.15) is 11.2 Å². The molecule has 4 N–H and O–H groups in total. The Balaban J connectivity index is 2.15. The van der Waals surface area contributed by atoms with Crippen molar-refractivity contribution in [2.75, 3.05) is 13.1 Å². The van der Waals surface area contributed by atoms with Crippen LogP contribution in [0.2, 0.25) is 0 Å². The van der Waals surface area contributed by atoms with Gasteiger partial charge in [0.2, 0.25) is 5.75 Å². The standard InChI is InChI=1S/C15H21NO5/c1-15(2,9-5-7-16-8-6-9)21-14(20)10-3-4-11(17)13(19)12(10)18/h3-4,9,16-19H,5-8H2,1-2H3. The summed E-state index contributed by atoms with van der Waals surface area (Å²) < 4.78 is 5.52. The molecule has 0 amide bonds. The van der Waals surface area contributed by atoms with Gasteiger partial charge in [-0.05, 0) is 51.9 Å². The fourth-order valence-electron chi connectivity index (χ4n) is 2.63. The second-order valence-corrected chi connectivity index (χ2v) is 5.85. The molecule has 0 aromatic heterocycles. The summed E-state index contributed by atoms with van der Waals surface area (Å²) in [5.74, 6) is -2.35. The monoisotopic (exact) mass is 295 g/mol. The van der Waals surface area contributed by atoms with Gasteiger partial charge in [0.25, 0.3) is 0 Å². The van der Waals surface area contributed by atoms with E-state index in [2.05, 4.69) is 5.32 Å². The van der Waals surface area contributed by atoms with Crippen molar-refractivity contribution >= 4 is 5.97 Å². The zero-order chi connectivity index (χ0) is 15.6. The highest BCUT2D eigenvalue weighted by molar-refractivity contribution is 5.94. The highest BCUT2D eigenvalue weighted by Crippen LogP contribution is 2.38. The van der Waals surface area contributed by atoms with E-state index in [1.807, 2.05) is 13.8 Å². The number of aromatic hydroxyl groups is 3. The minimum absolute atomic E-state index is 0.160. The molecule has 1 aromatic carbocycles. The largest absolute Gasteiger partial charge is 0.504 e. The predicted octanol–water partition coefficient (Wildman–Crippen LogP) is 1.74. The normalized spacial score (nSPS) is 16.7. The highest BCUT2D eigenvalue weighted by atomic mass is 16.6. The molecule has 6 nitrogen and oxygen atoms in total. The molecule has 0 unspecified atom stereocenters. The first kappa shape index (κ1) is 15.4. The van der Waals surface area contributed by atoms with Gasteiger partial charge in [-0.3, -0.25) is 0 Å². The minimum atomic E-state index is -0.718. The molecule has 0 atom stereocenters. The number of phenols is 3. The fraction of sp³-hybridized carbons (Fsp3) is 0.533. The van der Waals surface area contributed by atoms with Gasteiger partial charge in [-0.2, -0.15) is 0 Å². The van der Waals surface area contributed by atoms with E-state index in [1.54, 1.807) is 0 Å². The molecule has 0 radical (unpaired) electrons. The van der Waals surface area contributed by atoms with Crippen LogP contribution in [0.5, 0.6) is 17.2 Å². The Kier molecular flexibility index (Phi) is 4.27. The lowest BCUT2D eigenvalue weighted by Gasteiger charge is -2.36. The molecule has 0 bridgehead atoms. The van der Waals surface area contributed by atoms with Crippen molar-refractivity contribution in [3.05, 3.63) is 17.7 Å². The van der Waals surface area contributed by atoms with Crippen molar-refractivity contribution in [1.82, 2.24) is 5.32 Å². The summed E-state index contributed by atoms with van der Waals surface area (Å²) in [6, 6.07) is 2.37. The van der Waals surface area contributed by atoms with Crippen LogP contribution in [0, 0.1) is 5.92 Å². The van der Waals surface area contributed by atoms with Gasteiger partial charge in [0.05, 0.1) is 0 Å². The smallest absolute Gasteiger partial charge is 0.342 e. The van der Waals surface area contributed by atoms with Crippen LogP contribution >= 0.6 is 0 Å². The van der Waals surface area contributed by atoms with Crippen LogP contribution < -0.4 is 5.32 Å². The second kappa shape index (κ2) is 5.81. The first-order valence-corrected chi connectivity index (χ1v) is 7.01. The molecule has 6 heteroatoms. The molecule has 1 aliphatic rings. The van der Waals surface area contributed by atoms with Crippen molar-refractivity contribution in [2.45, 2.75) is 32.3 Å². The van der Waals surface area contributed by atoms with Crippen molar-refractivity contribution in [3.63, 3.8) is 0 Å². The van der Waals surface area contributed by atoms with E-state index in [0.717, 1.165) is 32.0 Å². The number of piperidine rings is 1. The number of hydrogen-bond acceptors (Lipinski definition) is 6. The second-order valence-electron chi connectivity index (χ2n) is 5.85. The SMILES string of the molecule is CC(C)(OC(=O)c1ccc(O)c(O)c1O)C1CCNCC1. The van der Waals surface area contributed by atoms with Gasteiger partial charge in [0.15, 0.2) is 11.5 Å². The zero-order valence-electron chi connectivity index (χ0n) is 12.2. The molecule has 1 fully saturated rings. The summed E-state index contributed by atoms with van der Waals surface area (Å²) in [4.78, 5) is 12.2. The van der Waals surface area contributed by atoms with Gasteiger partial charge in [-0.15, -0.1) is 0 Å². The lowest BCUT2D eigenvalue weighted by atomic mass is 9.83. The summed E-state index contributed by atoms with van der Waals surface area (Å²) in [6.45, 7) is 5.46. The van der Waals surface area contributed by atoms with Crippen LogP contribution in [-0.2, 0) is 4.74 Å². The lowest BCUT2D eigenvalue weighted by molar-refractivity contribution is -0.0370. The molecular weight excluding hydrogens is 274 g/mol. The van der Waals surface area contributed by atoms with Gasteiger partial charge < -0.3 is 25.4 Å². The van der Waals surface area contributed by atoms with E-state index in [4.69, 9.17) is 4.74 Å². The summed E-state index contributed by atoms with van der Waals surface area (Å²) in [5.41, 5.74) is -0.827. The Bertz CT molecular complexity index is 535. The van der Waals surface area contributed by atoms with Crippen LogP contribution in [0.15, 0.2) is 12.1 Å². The number of esters is 1. The third kappa shape index (κ3) is 3.21. The Morgan fingerprint density at radius 3 is 2.43 bits per heavy atom. The van der Waals surface area contributed by atoms with Crippen LogP contribution in [0.3, 0.4) is 0 Å². The highest BCUT2D eigenvalue weighted by Gasteiger charge is 2.35. The van der Waals surface area contributed by atoms with E-state index in [1.165, 1.54) is 6.07 Å². The van der Waals surface area contributed by atoms with Gasteiger partial charge in [-0.25, -0.2) is 4.79 Å². The number of benzene rings is 1.